The molecule has 3 rings (SSSR count). The first-order valence-corrected chi connectivity index (χ1v) is 9.38. The number of ether oxygens (including phenoxy) is 1. The predicted octanol–water partition coefficient (Wildman–Crippen LogP) is 5.61. The molecule has 2 aromatic carbocycles. The minimum Gasteiger partial charge on any atom is -0.479 e. The second-order valence-electron chi connectivity index (χ2n) is 7.12. The summed E-state index contributed by atoms with van der Waals surface area (Å²) in [7, 11) is 0. The van der Waals surface area contributed by atoms with Crippen molar-refractivity contribution in [3.8, 4) is 0 Å². The van der Waals surface area contributed by atoms with Crippen LogP contribution < -0.4 is 4.90 Å². The molecule has 8 heteroatoms. The second kappa shape index (κ2) is 8.01. The number of rotatable bonds is 5. The largest absolute Gasteiger partial charge is 0.479 e. The van der Waals surface area contributed by atoms with Gasteiger partial charge in [-0.1, -0.05) is 25.1 Å². The van der Waals surface area contributed by atoms with Gasteiger partial charge >= 0.3 is 12.1 Å². The van der Waals surface area contributed by atoms with E-state index in [1.165, 1.54) is 17.0 Å². The molecule has 0 fully saturated rings. The fourth-order valence-corrected chi connectivity index (χ4v) is 3.56. The topological polar surface area (TPSA) is 49.8 Å². The molecule has 1 heterocycles. The van der Waals surface area contributed by atoms with Crippen LogP contribution in [0.1, 0.15) is 42.0 Å². The van der Waals surface area contributed by atoms with Gasteiger partial charge in [0.05, 0.1) is 18.7 Å². The van der Waals surface area contributed by atoms with E-state index >= 15 is 0 Å². The molecule has 0 amide bonds. The van der Waals surface area contributed by atoms with Crippen LogP contribution in [-0.2, 0) is 22.3 Å². The van der Waals surface area contributed by atoms with E-state index < -0.39 is 29.4 Å². The summed E-state index contributed by atoms with van der Waals surface area (Å²) in [6, 6.07) is 7.69. The van der Waals surface area contributed by atoms with Gasteiger partial charge in [0.25, 0.3) is 0 Å². The molecule has 0 aliphatic carbocycles. The summed E-state index contributed by atoms with van der Waals surface area (Å²) in [5.41, 5.74) is 0.596. The Bertz CT molecular complexity index is 1010. The number of carbonyl (C=O) groups is 1. The molecule has 0 bridgehead atoms. The van der Waals surface area contributed by atoms with Gasteiger partial charge in [-0.3, -0.25) is 0 Å². The van der Waals surface area contributed by atoms with Crippen LogP contribution in [0.25, 0.3) is 0 Å². The van der Waals surface area contributed by atoms with Crippen molar-refractivity contribution in [1.82, 2.24) is 0 Å². The molecule has 30 heavy (non-hydrogen) atoms. The first kappa shape index (κ1) is 21.7. The van der Waals surface area contributed by atoms with Crippen LogP contribution in [0.15, 0.2) is 47.9 Å². The van der Waals surface area contributed by atoms with E-state index in [4.69, 9.17) is 4.74 Å². The lowest BCUT2D eigenvalue weighted by Crippen LogP contribution is -2.33. The highest BCUT2D eigenvalue weighted by Crippen LogP contribution is 2.44. The van der Waals surface area contributed by atoms with Gasteiger partial charge in [0.1, 0.15) is 11.4 Å². The van der Waals surface area contributed by atoms with E-state index in [2.05, 4.69) is 0 Å². The Morgan fingerprint density at radius 2 is 1.90 bits per heavy atom. The standard InChI is InChI=1S/C22H21F4NO3/c1-4-30-20-19(21(28)29)13(3)16-8-7-15(22(24,25)26)10-18(16)27(20)11-14-6-5-12(2)17(23)9-14/h5-10,13H,4,11H2,1-3H3,(H,28,29). The smallest absolute Gasteiger partial charge is 0.416 e. The van der Waals surface area contributed by atoms with Crippen LogP contribution in [0.4, 0.5) is 23.2 Å². The van der Waals surface area contributed by atoms with Gasteiger partial charge in [-0.2, -0.15) is 13.2 Å². The Labute approximate surface area is 171 Å². The Morgan fingerprint density at radius 3 is 2.47 bits per heavy atom. The third-order valence-corrected chi connectivity index (χ3v) is 5.11. The van der Waals surface area contributed by atoms with Gasteiger partial charge in [-0.15, -0.1) is 0 Å². The number of carboxylic acid groups (broad SMARTS) is 1. The number of aliphatic carboxylic acids is 1. The molecular formula is C22H21F4NO3. The number of fused-ring (bicyclic) bond motifs is 1. The van der Waals surface area contributed by atoms with Crippen LogP contribution >= 0.6 is 0 Å². The third-order valence-electron chi connectivity index (χ3n) is 5.11. The lowest BCUT2D eigenvalue weighted by molar-refractivity contribution is -0.137. The summed E-state index contributed by atoms with van der Waals surface area (Å²) in [6.45, 7) is 4.93. The Morgan fingerprint density at radius 1 is 1.20 bits per heavy atom. The van der Waals surface area contributed by atoms with Crippen molar-refractivity contribution in [2.24, 2.45) is 0 Å². The molecule has 0 radical (unpaired) electrons. The van der Waals surface area contributed by atoms with Crippen molar-refractivity contribution >= 4 is 11.7 Å². The van der Waals surface area contributed by atoms with E-state index in [-0.39, 0.29) is 30.3 Å². The Kier molecular flexibility index (Phi) is 5.78. The molecule has 1 aliphatic rings. The van der Waals surface area contributed by atoms with Crippen LogP contribution in [0.5, 0.6) is 0 Å². The molecule has 0 spiro atoms. The fourth-order valence-electron chi connectivity index (χ4n) is 3.56. The number of anilines is 1. The highest BCUT2D eigenvalue weighted by atomic mass is 19.4. The number of hydrogen-bond acceptors (Lipinski definition) is 3. The highest BCUT2D eigenvalue weighted by molar-refractivity contribution is 5.92. The van der Waals surface area contributed by atoms with Gasteiger partial charge in [0.15, 0.2) is 0 Å². The zero-order valence-corrected chi connectivity index (χ0v) is 16.7. The first-order chi connectivity index (χ1) is 14.0. The first-order valence-electron chi connectivity index (χ1n) is 9.38. The zero-order valence-electron chi connectivity index (χ0n) is 16.7. The number of halogens is 4. The van der Waals surface area contributed by atoms with E-state index in [0.717, 1.165) is 12.1 Å². The maximum Gasteiger partial charge on any atom is 0.416 e. The maximum absolute atomic E-state index is 14.1. The molecule has 1 unspecified atom stereocenters. The van der Waals surface area contributed by atoms with Crippen molar-refractivity contribution in [3.63, 3.8) is 0 Å². The van der Waals surface area contributed by atoms with Gasteiger partial charge in [0.2, 0.25) is 5.88 Å². The van der Waals surface area contributed by atoms with Crippen molar-refractivity contribution in [2.75, 3.05) is 11.5 Å². The van der Waals surface area contributed by atoms with Crippen LogP contribution in [0.3, 0.4) is 0 Å². The molecular weight excluding hydrogens is 402 g/mol. The molecule has 0 saturated heterocycles. The number of carboxylic acids is 1. The zero-order chi connectivity index (χ0) is 22.2. The Hall–Kier alpha value is -3.03. The fraction of sp³-hybridized carbons (Fsp3) is 0.318. The number of nitrogens with zero attached hydrogens (tertiary/aromatic N) is 1. The van der Waals surface area contributed by atoms with Crippen LogP contribution in [0.2, 0.25) is 0 Å². The molecule has 1 aliphatic heterocycles. The van der Waals surface area contributed by atoms with E-state index in [0.29, 0.717) is 16.7 Å². The predicted molar refractivity (Wildman–Crippen MR) is 103 cm³/mol. The van der Waals surface area contributed by atoms with E-state index in [1.54, 1.807) is 32.9 Å². The summed E-state index contributed by atoms with van der Waals surface area (Å²) in [6.07, 6.45) is -4.57. The quantitative estimate of drug-likeness (QED) is 0.635. The SMILES string of the molecule is CCOC1=C(C(=O)O)C(C)c2ccc(C(F)(F)F)cc2N1Cc1ccc(C)c(F)c1. The third kappa shape index (κ3) is 3.99. The summed E-state index contributed by atoms with van der Waals surface area (Å²) >= 11 is 0. The van der Waals surface area contributed by atoms with E-state index in [1.807, 2.05) is 0 Å². The Balaban J connectivity index is 2.21. The van der Waals surface area contributed by atoms with E-state index in [9.17, 15) is 27.5 Å². The molecule has 2 aromatic rings. The van der Waals surface area contributed by atoms with Gasteiger partial charge in [-0.05, 0) is 48.7 Å². The van der Waals surface area contributed by atoms with Crippen molar-refractivity contribution in [1.29, 1.82) is 0 Å². The van der Waals surface area contributed by atoms with Gasteiger partial charge in [0, 0.05) is 11.6 Å². The van der Waals surface area contributed by atoms with Crippen molar-refractivity contribution in [2.45, 2.75) is 39.4 Å². The summed E-state index contributed by atoms with van der Waals surface area (Å²) in [5.74, 6) is -2.41. The molecule has 0 saturated carbocycles. The number of hydrogen-bond donors (Lipinski definition) is 1. The monoisotopic (exact) mass is 423 g/mol. The van der Waals surface area contributed by atoms with Crippen LogP contribution in [-0.4, -0.2) is 17.7 Å². The normalized spacial score (nSPS) is 16.5. The number of aryl methyl sites for hydroxylation is 1. The average Bonchev–Trinajstić information content (AvgIpc) is 2.66. The molecule has 0 aromatic heterocycles. The summed E-state index contributed by atoms with van der Waals surface area (Å²) in [4.78, 5) is 13.4. The van der Waals surface area contributed by atoms with Crippen molar-refractivity contribution in [3.05, 3.63) is 75.9 Å². The molecule has 1 atom stereocenters. The minimum absolute atomic E-state index is 0.0368. The van der Waals surface area contributed by atoms with Gasteiger partial charge < -0.3 is 14.7 Å². The van der Waals surface area contributed by atoms with Gasteiger partial charge in [-0.25, -0.2) is 9.18 Å². The summed E-state index contributed by atoms with van der Waals surface area (Å²) < 4.78 is 59.7. The lowest BCUT2D eigenvalue weighted by atomic mass is 9.87. The molecule has 4 nitrogen and oxygen atoms in total. The second-order valence-corrected chi connectivity index (χ2v) is 7.12. The molecule has 160 valence electrons. The maximum atomic E-state index is 14.1. The number of benzene rings is 2. The summed E-state index contributed by atoms with van der Waals surface area (Å²) in [5, 5.41) is 9.77. The lowest BCUT2D eigenvalue weighted by Gasteiger charge is -2.37. The average molecular weight is 423 g/mol. The number of alkyl halides is 3. The van der Waals surface area contributed by atoms with Crippen molar-refractivity contribution < 1.29 is 32.2 Å². The highest BCUT2D eigenvalue weighted by Gasteiger charge is 2.38. The molecule has 1 N–H and O–H groups in total. The van der Waals surface area contributed by atoms with Crippen LogP contribution in [0, 0.1) is 12.7 Å². The minimum atomic E-state index is -4.57.